The van der Waals surface area contributed by atoms with Gasteiger partial charge in [0.1, 0.15) is 17.3 Å². The molecule has 4 heterocycles. The van der Waals surface area contributed by atoms with Gasteiger partial charge < -0.3 is 9.80 Å². The van der Waals surface area contributed by atoms with Crippen molar-refractivity contribution >= 4 is 11.7 Å². The fraction of sp³-hybridized carbons (Fsp3) is 0.440. The molecule has 1 saturated heterocycles. The monoisotopic (exact) mass is 481 g/mol. The molecule has 0 saturated carbocycles. The second-order valence-electron chi connectivity index (χ2n) is 9.40. The van der Waals surface area contributed by atoms with Gasteiger partial charge in [0.15, 0.2) is 5.82 Å². The number of anilines is 1. The number of carbonyl (C=O) groups excluding carboxylic acids is 1. The first-order valence-electron chi connectivity index (χ1n) is 11.9. The molecule has 2 aliphatic rings. The van der Waals surface area contributed by atoms with Gasteiger partial charge in [-0.05, 0) is 13.0 Å². The molecule has 1 aromatic carbocycles. The highest BCUT2D eigenvalue weighted by Crippen LogP contribution is 2.32. The summed E-state index contributed by atoms with van der Waals surface area (Å²) >= 11 is 0. The number of benzene rings is 1. The van der Waals surface area contributed by atoms with Crippen LogP contribution in [0.3, 0.4) is 0 Å². The molecule has 0 unspecified atom stereocenters. The highest BCUT2D eigenvalue weighted by Gasteiger charge is 2.31. The summed E-state index contributed by atoms with van der Waals surface area (Å²) in [5, 5.41) is 4.32. The largest absolute Gasteiger partial charge is 0.350 e. The van der Waals surface area contributed by atoms with E-state index in [-0.39, 0.29) is 11.9 Å². The molecule has 1 amide bonds. The molecule has 10 heteroatoms. The first kappa shape index (κ1) is 23.3. The van der Waals surface area contributed by atoms with Crippen molar-refractivity contribution in [3.05, 3.63) is 59.2 Å². The van der Waals surface area contributed by atoms with E-state index in [4.69, 9.17) is 9.97 Å². The van der Waals surface area contributed by atoms with Crippen molar-refractivity contribution in [2.24, 2.45) is 7.05 Å². The average Bonchev–Trinajstić information content (AvgIpc) is 3.26. The maximum absolute atomic E-state index is 14.2. The molecule has 184 valence electrons. The molecule has 2 aromatic heterocycles. The molecule has 3 aromatic rings. The van der Waals surface area contributed by atoms with Gasteiger partial charge in [0.2, 0.25) is 5.91 Å². The summed E-state index contributed by atoms with van der Waals surface area (Å²) in [4.78, 5) is 28.2. The third kappa shape index (κ3) is 4.75. The first-order valence-corrected chi connectivity index (χ1v) is 11.9. The summed E-state index contributed by atoms with van der Waals surface area (Å²) in [6.45, 7) is 7.34. The fourth-order valence-electron chi connectivity index (χ4n) is 4.91. The lowest BCUT2D eigenvalue weighted by Crippen LogP contribution is -2.52. The first-order chi connectivity index (χ1) is 16.8. The quantitative estimate of drug-likeness (QED) is 0.571. The number of amides is 1. The van der Waals surface area contributed by atoms with Gasteiger partial charge in [0, 0.05) is 82.5 Å². The van der Waals surface area contributed by atoms with Crippen molar-refractivity contribution in [3.8, 4) is 11.3 Å². The third-order valence-electron chi connectivity index (χ3n) is 6.81. The highest BCUT2D eigenvalue weighted by molar-refractivity contribution is 5.74. The van der Waals surface area contributed by atoms with Crippen LogP contribution >= 0.6 is 0 Å². The van der Waals surface area contributed by atoms with Crippen LogP contribution in [0.2, 0.25) is 0 Å². The molecule has 0 spiro atoms. The van der Waals surface area contributed by atoms with E-state index < -0.39 is 11.6 Å². The number of hydrogen-bond donors (Lipinski definition) is 0. The predicted octanol–water partition coefficient (Wildman–Crippen LogP) is 2.77. The molecule has 5 rings (SSSR count). The maximum atomic E-state index is 14.2. The van der Waals surface area contributed by atoms with Crippen LogP contribution in [-0.4, -0.2) is 67.7 Å². The Morgan fingerprint density at radius 3 is 2.66 bits per heavy atom. The normalized spacial score (nSPS) is 18.6. The predicted molar refractivity (Wildman–Crippen MR) is 127 cm³/mol. The highest BCUT2D eigenvalue weighted by atomic mass is 19.1. The zero-order valence-electron chi connectivity index (χ0n) is 20.2. The topological polar surface area (TPSA) is 70.4 Å². The standard InChI is InChI=1S/C25H29F2N7O/c1-16-12-32(14-18-4-5-20(26)10-21(18)27)8-9-34(16)25-24(19-11-28-31(3)13-19)29-23-15-33(17(2)35)7-6-22(23)30-25/h4-5,10-11,13,16H,6-9,12,14-15H2,1-3H3/t16-/m0/s1. The fourth-order valence-corrected chi connectivity index (χ4v) is 4.91. The van der Waals surface area contributed by atoms with E-state index in [1.165, 1.54) is 12.1 Å². The minimum atomic E-state index is -0.565. The number of nitrogens with zero attached hydrogens (tertiary/aromatic N) is 7. The maximum Gasteiger partial charge on any atom is 0.219 e. The van der Waals surface area contributed by atoms with Crippen LogP contribution < -0.4 is 4.90 Å². The van der Waals surface area contributed by atoms with Crippen molar-refractivity contribution in [2.45, 2.75) is 39.4 Å². The molecule has 0 N–H and O–H groups in total. The zero-order chi connectivity index (χ0) is 24.7. The SMILES string of the molecule is CC(=O)N1CCc2nc(N3CCN(Cc4ccc(F)cc4F)C[C@@H]3C)c(-c3cnn(C)c3)nc2C1. The number of piperazine rings is 1. The molecule has 1 atom stereocenters. The van der Waals surface area contributed by atoms with Crippen molar-refractivity contribution in [2.75, 3.05) is 31.1 Å². The van der Waals surface area contributed by atoms with Gasteiger partial charge in [0.05, 0.1) is 24.1 Å². The van der Waals surface area contributed by atoms with Crippen LogP contribution in [0.15, 0.2) is 30.6 Å². The van der Waals surface area contributed by atoms with Gasteiger partial charge in [-0.3, -0.25) is 14.4 Å². The number of aryl methyl sites for hydroxylation is 1. The van der Waals surface area contributed by atoms with E-state index in [0.29, 0.717) is 51.3 Å². The molecular weight excluding hydrogens is 452 g/mol. The lowest BCUT2D eigenvalue weighted by Gasteiger charge is -2.41. The van der Waals surface area contributed by atoms with E-state index in [2.05, 4.69) is 21.8 Å². The molecular formula is C25H29F2N7O. The number of fused-ring (bicyclic) bond motifs is 1. The van der Waals surface area contributed by atoms with Crippen LogP contribution in [0.4, 0.5) is 14.6 Å². The summed E-state index contributed by atoms with van der Waals surface area (Å²) < 4.78 is 29.2. The van der Waals surface area contributed by atoms with E-state index in [9.17, 15) is 13.6 Å². The number of halogens is 2. The van der Waals surface area contributed by atoms with Gasteiger partial charge in [0.25, 0.3) is 0 Å². The summed E-state index contributed by atoms with van der Waals surface area (Å²) in [6, 6.07) is 3.85. The minimum Gasteiger partial charge on any atom is -0.350 e. The van der Waals surface area contributed by atoms with Crippen molar-refractivity contribution in [1.82, 2.24) is 29.5 Å². The van der Waals surface area contributed by atoms with Gasteiger partial charge in [-0.1, -0.05) is 6.07 Å². The summed E-state index contributed by atoms with van der Waals surface area (Å²) in [6.07, 6.45) is 4.37. The van der Waals surface area contributed by atoms with Gasteiger partial charge >= 0.3 is 0 Å². The third-order valence-corrected chi connectivity index (χ3v) is 6.81. The molecule has 2 aliphatic heterocycles. The molecule has 1 fully saturated rings. The number of carbonyl (C=O) groups is 1. The Bertz CT molecular complexity index is 1260. The van der Waals surface area contributed by atoms with Crippen molar-refractivity contribution in [3.63, 3.8) is 0 Å². The zero-order valence-corrected chi connectivity index (χ0v) is 20.2. The Hall–Kier alpha value is -3.40. The van der Waals surface area contributed by atoms with Crippen LogP contribution in [0.25, 0.3) is 11.3 Å². The Labute approximate surface area is 203 Å². The van der Waals surface area contributed by atoms with Crippen LogP contribution in [0.1, 0.15) is 30.8 Å². The average molecular weight is 482 g/mol. The Kier molecular flexibility index (Phi) is 6.22. The lowest BCUT2D eigenvalue weighted by molar-refractivity contribution is -0.129. The van der Waals surface area contributed by atoms with Gasteiger partial charge in [-0.2, -0.15) is 5.10 Å². The summed E-state index contributed by atoms with van der Waals surface area (Å²) in [5.41, 5.74) is 3.87. The number of rotatable bonds is 4. The molecule has 35 heavy (non-hydrogen) atoms. The van der Waals surface area contributed by atoms with E-state index in [1.54, 1.807) is 22.7 Å². The number of hydrogen-bond acceptors (Lipinski definition) is 6. The molecule has 0 aliphatic carbocycles. The van der Waals surface area contributed by atoms with E-state index >= 15 is 0 Å². The summed E-state index contributed by atoms with van der Waals surface area (Å²) in [7, 11) is 1.86. The van der Waals surface area contributed by atoms with Gasteiger partial charge in [-0.25, -0.2) is 18.7 Å². The van der Waals surface area contributed by atoms with Crippen LogP contribution in [-0.2, 0) is 31.4 Å². The Morgan fingerprint density at radius 1 is 1.14 bits per heavy atom. The van der Waals surface area contributed by atoms with Crippen LogP contribution in [0.5, 0.6) is 0 Å². The van der Waals surface area contributed by atoms with Gasteiger partial charge in [-0.15, -0.1) is 0 Å². The lowest BCUT2D eigenvalue weighted by atomic mass is 10.1. The van der Waals surface area contributed by atoms with Crippen molar-refractivity contribution in [1.29, 1.82) is 0 Å². The van der Waals surface area contributed by atoms with Crippen molar-refractivity contribution < 1.29 is 13.6 Å². The molecule has 8 nitrogen and oxygen atoms in total. The second-order valence-corrected chi connectivity index (χ2v) is 9.40. The second kappa shape index (κ2) is 9.33. The minimum absolute atomic E-state index is 0.0341. The number of aromatic nitrogens is 4. The summed E-state index contributed by atoms with van der Waals surface area (Å²) in [5.74, 6) is -0.233. The molecule has 0 radical (unpaired) electrons. The Balaban J connectivity index is 1.42. The van der Waals surface area contributed by atoms with E-state index in [0.717, 1.165) is 34.5 Å². The van der Waals surface area contributed by atoms with Crippen LogP contribution in [0, 0.1) is 11.6 Å². The smallest absolute Gasteiger partial charge is 0.219 e. The van der Waals surface area contributed by atoms with E-state index in [1.807, 2.05) is 13.2 Å². The molecule has 0 bridgehead atoms. The Morgan fingerprint density at radius 2 is 1.97 bits per heavy atom.